The molecule has 2 rings (SSSR count). The van der Waals surface area contributed by atoms with Gasteiger partial charge in [0.15, 0.2) is 0 Å². The van der Waals surface area contributed by atoms with Crippen molar-refractivity contribution >= 4 is 11.9 Å². The minimum Gasteiger partial charge on any atom is -0.469 e. The van der Waals surface area contributed by atoms with Gasteiger partial charge in [-0.1, -0.05) is 25.0 Å². The summed E-state index contributed by atoms with van der Waals surface area (Å²) in [4.78, 5) is 24.0. The fourth-order valence-corrected chi connectivity index (χ4v) is 3.21. The van der Waals surface area contributed by atoms with Gasteiger partial charge in [-0.05, 0) is 37.5 Å². The second kappa shape index (κ2) is 8.24. The molecule has 1 fully saturated rings. The summed E-state index contributed by atoms with van der Waals surface area (Å²) in [5.41, 5.74) is 0.402. The van der Waals surface area contributed by atoms with Crippen LogP contribution >= 0.6 is 0 Å². The number of esters is 1. The molecule has 0 spiro atoms. The maximum atomic E-state index is 12.9. The lowest BCUT2D eigenvalue weighted by Crippen LogP contribution is -2.55. The van der Waals surface area contributed by atoms with Gasteiger partial charge in [0.25, 0.3) is 0 Å². The van der Waals surface area contributed by atoms with Gasteiger partial charge in [0.2, 0.25) is 5.91 Å². The summed E-state index contributed by atoms with van der Waals surface area (Å²) in [6.07, 6.45) is 3.62. The van der Waals surface area contributed by atoms with Crippen LogP contribution in [0.15, 0.2) is 24.3 Å². The molecule has 132 valence electrons. The highest BCUT2D eigenvalue weighted by Gasteiger charge is 2.41. The molecule has 1 amide bonds. The maximum Gasteiger partial charge on any atom is 0.310 e. The number of nitrogens with one attached hydrogen (secondary N) is 2. The SMILES string of the molecule is COC(=O)[C@@H]1CCCC[C@@]1(C)NCC(=O)NCc1ccc(F)cc1. The molecule has 5 nitrogen and oxygen atoms in total. The number of rotatable bonds is 6. The molecule has 1 aromatic rings. The molecule has 0 radical (unpaired) electrons. The van der Waals surface area contributed by atoms with Gasteiger partial charge in [-0.2, -0.15) is 0 Å². The van der Waals surface area contributed by atoms with Gasteiger partial charge in [-0.3, -0.25) is 9.59 Å². The molecule has 0 bridgehead atoms. The lowest BCUT2D eigenvalue weighted by Gasteiger charge is -2.40. The van der Waals surface area contributed by atoms with Crippen LogP contribution in [0.25, 0.3) is 0 Å². The molecule has 0 aliphatic heterocycles. The van der Waals surface area contributed by atoms with Crippen molar-refractivity contribution in [3.63, 3.8) is 0 Å². The van der Waals surface area contributed by atoms with E-state index in [0.717, 1.165) is 31.2 Å². The predicted molar refractivity (Wildman–Crippen MR) is 88.6 cm³/mol. The lowest BCUT2D eigenvalue weighted by atomic mass is 9.74. The van der Waals surface area contributed by atoms with Crippen molar-refractivity contribution in [1.82, 2.24) is 10.6 Å². The van der Waals surface area contributed by atoms with Gasteiger partial charge < -0.3 is 15.4 Å². The molecule has 2 N–H and O–H groups in total. The summed E-state index contributed by atoms with van der Waals surface area (Å²) in [5.74, 6) is -0.918. The van der Waals surface area contributed by atoms with E-state index in [2.05, 4.69) is 10.6 Å². The van der Waals surface area contributed by atoms with E-state index in [1.807, 2.05) is 6.92 Å². The third kappa shape index (κ3) is 4.77. The standard InChI is InChI=1S/C18H25FN2O3/c1-18(10-4-3-5-15(18)17(23)24-2)21-12-16(22)20-11-13-6-8-14(19)9-7-13/h6-9,15,21H,3-5,10-12H2,1-2H3,(H,20,22)/t15-,18+/m0/s1. The van der Waals surface area contributed by atoms with E-state index < -0.39 is 5.54 Å². The summed E-state index contributed by atoms with van der Waals surface area (Å²) >= 11 is 0. The molecule has 1 aliphatic rings. The monoisotopic (exact) mass is 336 g/mol. The molecule has 2 atom stereocenters. The second-order valence-electron chi connectivity index (χ2n) is 6.50. The number of carbonyl (C=O) groups excluding carboxylic acids is 2. The number of hydrogen-bond acceptors (Lipinski definition) is 4. The molecular formula is C18H25FN2O3. The van der Waals surface area contributed by atoms with E-state index in [1.54, 1.807) is 12.1 Å². The van der Waals surface area contributed by atoms with Crippen LogP contribution < -0.4 is 10.6 Å². The number of methoxy groups -OCH3 is 1. The normalized spacial score (nSPS) is 23.5. The fourth-order valence-electron chi connectivity index (χ4n) is 3.21. The van der Waals surface area contributed by atoms with E-state index in [4.69, 9.17) is 4.74 Å². The number of carbonyl (C=O) groups is 2. The van der Waals surface area contributed by atoms with E-state index in [-0.39, 0.29) is 30.2 Å². The number of hydrogen-bond donors (Lipinski definition) is 2. The quantitative estimate of drug-likeness (QED) is 0.781. The highest BCUT2D eigenvalue weighted by Crippen LogP contribution is 2.34. The number of amides is 1. The van der Waals surface area contributed by atoms with Crippen LogP contribution in [-0.2, 0) is 20.9 Å². The van der Waals surface area contributed by atoms with Gasteiger partial charge in [-0.25, -0.2) is 4.39 Å². The average Bonchev–Trinajstić information content (AvgIpc) is 2.59. The van der Waals surface area contributed by atoms with Gasteiger partial charge in [0.05, 0.1) is 19.6 Å². The van der Waals surface area contributed by atoms with Gasteiger partial charge in [0, 0.05) is 12.1 Å². The first-order chi connectivity index (χ1) is 11.4. The zero-order valence-electron chi connectivity index (χ0n) is 14.2. The van der Waals surface area contributed by atoms with Crippen LogP contribution in [0.4, 0.5) is 4.39 Å². The van der Waals surface area contributed by atoms with E-state index in [9.17, 15) is 14.0 Å². The first-order valence-electron chi connectivity index (χ1n) is 8.28. The Bertz CT molecular complexity index is 576. The Labute approximate surface area is 142 Å². The van der Waals surface area contributed by atoms with Crippen LogP contribution in [0.1, 0.15) is 38.2 Å². The Morgan fingerprint density at radius 3 is 2.67 bits per heavy atom. The van der Waals surface area contributed by atoms with Crippen molar-refractivity contribution in [1.29, 1.82) is 0 Å². The number of ether oxygens (including phenoxy) is 1. The van der Waals surface area contributed by atoms with E-state index in [0.29, 0.717) is 6.54 Å². The van der Waals surface area contributed by atoms with Crippen molar-refractivity contribution < 1.29 is 18.7 Å². The first kappa shape index (κ1) is 18.4. The Morgan fingerprint density at radius 2 is 2.00 bits per heavy atom. The molecule has 0 saturated heterocycles. The molecule has 0 heterocycles. The third-order valence-corrected chi connectivity index (χ3v) is 4.75. The fraction of sp³-hybridized carbons (Fsp3) is 0.556. The van der Waals surface area contributed by atoms with E-state index >= 15 is 0 Å². The predicted octanol–water partition coefficient (Wildman–Crippen LogP) is 2.15. The van der Waals surface area contributed by atoms with Crippen molar-refractivity contribution in [3.05, 3.63) is 35.6 Å². The molecule has 6 heteroatoms. The summed E-state index contributed by atoms with van der Waals surface area (Å²) in [6.45, 7) is 2.45. The minimum absolute atomic E-state index is 0.130. The zero-order chi connectivity index (χ0) is 17.6. The molecule has 24 heavy (non-hydrogen) atoms. The molecule has 0 aromatic heterocycles. The van der Waals surface area contributed by atoms with Gasteiger partial charge in [-0.15, -0.1) is 0 Å². The Hall–Kier alpha value is -1.95. The third-order valence-electron chi connectivity index (χ3n) is 4.75. The average molecular weight is 336 g/mol. The molecular weight excluding hydrogens is 311 g/mol. The maximum absolute atomic E-state index is 12.9. The van der Waals surface area contributed by atoms with E-state index in [1.165, 1.54) is 19.2 Å². The Kier molecular flexibility index (Phi) is 6.31. The van der Waals surface area contributed by atoms with Crippen molar-refractivity contribution in [2.45, 2.75) is 44.7 Å². The van der Waals surface area contributed by atoms with Crippen LogP contribution in [0.5, 0.6) is 0 Å². The number of halogens is 1. The van der Waals surface area contributed by atoms with Gasteiger partial charge >= 0.3 is 5.97 Å². The topological polar surface area (TPSA) is 67.4 Å². The van der Waals surface area contributed by atoms with Crippen molar-refractivity contribution in [2.24, 2.45) is 5.92 Å². The number of benzene rings is 1. The Morgan fingerprint density at radius 1 is 1.29 bits per heavy atom. The van der Waals surface area contributed by atoms with Crippen LogP contribution in [-0.4, -0.2) is 31.1 Å². The highest BCUT2D eigenvalue weighted by atomic mass is 19.1. The van der Waals surface area contributed by atoms with Crippen molar-refractivity contribution in [2.75, 3.05) is 13.7 Å². The van der Waals surface area contributed by atoms with Crippen LogP contribution in [0, 0.1) is 11.7 Å². The Balaban J connectivity index is 1.84. The van der Waals surface area contributed by atoms with Crippen molar-refractivity contribution in [3.8, 4) is 0 Å². The summed E-state index contributed by atoms with van der Waals surface area (Å²) < 4.78 is 17.7. The zero-order valence-corrected chi connectivity index (χ0v) is 14.2. The largest absolute Gasteiger partial charge is 0.469 e. The molecule has 0 unspecified atom stereocenters. The summed E-state index contributed by atoms with van der Waals surface area (Å²) in [5, 5.41) is 6.03. The molecule has 1 aliphatic carbocycles. The minimum atomic E-state index is -0.432. The second-order valence-corrected chi connectivity index (χ2v) is 6.50. The summed E-state index contributed by atoms with van der Waals surface area (Å²) in [6, 6.07) is 6.01. The van der Waals surface area contributed by atoms with Gasteiger partial charge in [0.1, 0.15) is 5.82 Å². The van der Waals surface area contributed by atoms with Crippen LogP contribution in [0.3, 0.4) is 0 Å². The lowest BCUT2D eigenvalue weighted by molar-refractivity contribution is -0.150. The van der Waals surface area contributed by atoms with Crippen LogP contribution in [0.2, 0.25) is 0 Å². The first-order valence-corrected chi connectivity index (χ1v) is 8.28. The molecule has 1 saturated carbocycles. The smallest absolute Gasteiger partial charge is 0.310 e. The molecule has 1 aromatic carbocycles. The highest BCUT2D eigenvalue weighted by molar-refractivity contribution is 5.78. The summed E-state index contributed by atoms with van der Waals surface area (Å²) in [7, 11) is 1.40.